The van der Waals surface area contributed by atoms with E-state index in [1.165, 1.54) is 45.3 Å². The minimum absolute atomic E-state index is 0.00915. The van der Waals surface area contributed by atoms with Crippen molar-refractivity contribution < 1.29 is 26.7 Å². The van der Waals surface area contributed by atoms with Crippen LogP contribution >= 0.6 is 0 Å². The molecule has 2 fully saturated rings. The normalized spacial score (nSPS) is 18.9. The predicted molar refractivity (Wildman–Crippen MR) is 120 cm³/mol. The van der Waals surface area contributed by atoms with Crippen LogP contribution in [0, 0.1) is 5.92 Å². The summed E-state index contributed by atoms with van der Waals surface area (Å²) in [6.45, 7) is 1.24. The van der Waals surface area contributed by atoms with Gasteiger partial charge in [0.15, 0.2) is 0 Å². The Kier molecular flexibility index (Phi) is 6.71. The summed E-state index contributed by atoms with van der Waals surface area (Å²) in [5.41, 5.74) is 0.0192. The molecule has 2 aromatic rings. The Balaban J connectivity index is 1.42. The van der Waals surface area contributed by atoms with Crippen molar-refractivity contribution in [3.63, 3.8) is 0 Å². The molecule has 1 amide bonds. The highest BCUT2D eigenvalue weighted by Gasteiger charge is 2.33. The monoisotopic (exact) mass is 494 g/mol. The number of hydrogen-bond donors (Lipinski definition) is 2. The van der Waals surface area contributed by atoms with E-state index in [1.54, 1.807) is 6.07 Å². The zero-order valence-corrected chi connectivity index (χ0v) is 19.6. The Hall–Kier alpha value is -2.54. The maximum Gasteiger partial charge on any atom is 0.244 e. The van der Waals surface area contributed by atoms with Crippen LogP contribution in [0.4, 0.5) is 5.69 Å². The molecule has 178 valence electrons. The Morgan fingerprint density at radius 3 is 2.21 bits per heavy atom. The number of phenols is 1. The number of carbonyl (C=O) groups is 1. The largest absolute Gasteiger partial charge is 0.506 e. The molecular formula is C21H26N4O6S2. The first-order chi connectivity index (χ1) is 15.7. The van der Waals surface area contributed by atoms with Gasteiger partial charge in [0, 0.05) is 44.5 Å². The molecule has 0 radical (unpaired) electrons. The van der Waals surface area contributed by atoms with Gasteiger partial charge in [0.1, 0.15) is 10.6 Å². The highest BCUT2D eigenvalue weighted by molar-refractivity contribution is 7.89. The molecule has 0 saturated carbocycles. The lowest BCUT2D eigenvalue weighted by Gasteiger charge is -2.30. The van der Waals surface area contributed by atoms with E-state index in [9.17, 15) is 26.7 Å². The van der Waals surface area contributed by atoms with Gasteiger partial charge in [-0.05, 0) is 56.0 Å². The molecule has 2 aliphatic rings. The van der Waals surface area contributed by atoms with Crippen molar-refractivity contribution in [2.24, 2.45) is 5.92 Å². The van der Waals surface area contributed by atoms with E-state index in [2.05, 4.69) is 10.3 Å². The van der Waals surface area contributed by atoms with E-state index in [0.717, 1.165) is 12.8 Å². The number of phenolic OH excluding ortho intramolecular Hbond substituents is 1. The summed E-state index contributed by atoms with van der Waals surface area (Å²) in [6.07, 6.45) is 5.00. The van der Waals surface area contributed by atoms with Gasteiger partial charge in [0.2, 0.25) is 26.0 Å². The second-order valence-electron chi connectivity index (χ2n) is 8.15. The van der Waals surface area contributed by atoms with Crippen LogP contribution in [-0.4, -0.2) is 67.6 Å². The van der Waals surface area contributed by atoms with Gasteiger partial charge >= 0.3 is 0 Å². The van der Waals surface area contributed by atoms with Crippen molar-refractivity contribution in [1.82, 2.24) is 13.6 Å². The van der Waals surface area contributed by atoms with E-state index in [1.807, 2.05) is 0 Å². The number of anilines is 1. The SMILES string of the molecule is O=C(Nc1cc(S(=O)(=O)N2CCCC2)ccc1O)C1CCN(S(=O)(=O)c2cccnc2)CC1. The third kappa shape index (κ3) is 4.88. The fourth-order valence-corrected chi connectivity index (χ4v) is 7.07. The van der Waals surface area contributed by atoms with Crippen LogP contribution in [0.15, 0.2) is 52.5 Å². The van der Waals surface area contributed by atoms with Gasteiger partial charge in [-0.2, -0.15) is 8.61 Å². The average Bonchev–Trinajstić information content (AvgIpc) is 3.37. The molecule has 4 rings (SSSR count). The Morgan fingerprint density at radius 1 is 0.939 bits per heavy atom. The van der Waals surface area contributed by atoms with Crippen LogP contribution in [0.2, 0.25) is 0 Å². The van der Waals surface area contributed by atoms with E-state index in [4.69, 9.17) is 0 Å². The van der Waals surface area contributed by atoms with Crippen molar-refractivity contribution in [3.8, 4) is 5.75 Å². The van der Waals surface area contributed by atoms with Crippen molar-refractivity contribution >= 4 is 31.6 Å². The first-order valence-electron chi connectivity index (χ1n) is 10.7. The van der Waals surface area contributed by atoms with Crippen LogP contribution in [0.25, 0.3) is 0 Å². The quantitative estimate of drug-likeness (QED) is 0.582. The summed E-state index contributed by atoms with van der Waals surface area (Å²) in [4.78, 5) is 16.8. The van der Waals surface area contributed by atoms with Crippen LogP contribution in [-0.2, 0) is 24.8 Å². The van der Waals surface area contributed by atoms with Crippen LogP contribution in [0.5, 0.6) is 5.75 Å². The van der Waals surface area contributed by atoms with Crippen molar-refractivity contribution in [2.75, 3.05) is 31.5 Å². The number of aromatic nitrogens is 1. The summed E-state index contributed by atoms with van der Waals surface area (Å²) < 4.78 is 53.8. The first kappa shape index (κ1) is 23.6. The molecule has 0 unspecified atom stereocenters. The van der Waals surface area contributed by atoms with Gasteiger partial charge in [-0.3, -0.25) is 9.78 Å². The molecule has 33 heavy (non-hydrogen) atoms. The van der Waals surface area contributed by atoms with E-state index in [0.29, 0.717) is 25.9 Å². The summed E-state index contributed by atoms with van der Waals surface area (Å²) in [5, 5.41) is 12.8. The molecule has 10 nitrogen and oxygen atoms in total. The first-order valence-corrected chi connectivity index (χ1v) is 13.6. The second-order valence-corrected chi connectivity index (χ2v) is 12.0. The molecule has 12 heteroatoms. The fraction of sp³-hybridized carbons (Fsp3) is 0.429. The minimum Gasteiger partial charge on any atom is -0.506 e. The van der Waals surface area contributed by atoms with Crippen LogP contribution in [0.3, 0.4) is 0 Å². The van der Waals surface area contributed by atoms with Crippen LogP contribution < -0.4 is 5.32 Å². The molecule has 2 N–H and O–H groups in total. The van der Waals surface area contributed by atoms with Gasteiger partial charge in [-0.1, -0.05) is 0 Å². The number of benzene rings is 1. The lowest BCUT2D eigenvalue weighted by molar-refractivity contribution is -0.120. The zero-order chi connectivity index (χ0) is 23.6. The number of amides is 1. The minimum atomic E-state index is -3.70. The number of rotatable bonds is 6. The molecule has 0 aliphatic carbocycles. The number of nitrogens with one attached hydrogen (secondary N) is 1. The Labute approximate surface area is 193 Å². The average molecular weight is 495 g/mol. The van der Waals surface area contributed by atoms with Crippen molar-refractivity contribution in [3.05, 3.63) is 42.7 Å². The molecule has 3 heterocycles. The van der Waals surface area contributed by atoms with Gasteiger partial charge < -0.3 is 10.4 Å². The number of aromatic hydroxyl groups is 1. The molecule has 2 saturated heterocycles. The molecule has 0 atom stereocenters. The maximum atomic E-state index is 12.8. The third-order valence-corrected chi connectivity index (χ3v) is 9.80. The van der Waals surface area contributed by atoms with Crippen LogP contribution in [0.1, 0.15) is 25.7 Å². The summed E-state index contributed by atoms with van der Waals surface area (Å²) in [5.74, 6) is -1.09. The molecular weight excluding hydrogens is 468 g/mol. The molecule has 2 aliphatic heterocycles. The number of sulfonamides is 2. The fourth-order valence-electron chi connectivity index (χ4n) is 4.10. The maximum absolute atomic E-state index is 12.8. The summed E-state index contributed by atoms with van der Waals surface area (Å²) >= 11 is 0. The zero-order valence-electron chi connectivity index (χ0n) is 17.9. The van der Waals surface area contributed by atoms with Gasteiger partial charge in [0.25, 0.3) is 0 Å². The number of piperidine rings is 1. The lowest BCUT2D eigenvalue weighted by atomic mass is 9.97. The number of pyridine rings is 1. The number of hydrogen-bond acceptors (Lipinski definition) is 7. The second kappa shape index (κ2) is 9.37. The summed E-state index contributed by atoms with van der Waals surface area (Å²) in [7, 11) is -7.38. The topological polar surface area (TPSA) is 137 Å². The number of nitrogens with zero attached hydrogens (tertiary/aromatic N) is 3. The van der Waals surface area contributed by atoms with Crippen molar-refractivity contribution in [1.29, 1.82) is 0 Å². The van der Waals surface area contributed by atoms with Crippen molar-refractivity contribution in [2.45, 2.75) is 35.5 Å². The Morgan fingerprint density at radius 2 is 1.58 bits per heavy atom. The summed E-state index contributed by atoms with van der Waals surface area (Å²) in [6, 6.07) is 6.87. The molecule has 0 bridgehead atoms. The van der Waals surface area contributed by atoms with Gasteiger partial charge in [-0.25, -0.2) is 16.8 Å². The molecule has 0 spiro atoms. The van der Waals surface area contributed by atoms with Gasteiger partial charge in [0.05, 0.1) is 10.6 Å². The molecule has 1 aromatic carbocycles. The number of carbonyl (C=O) groups excluding carboxylic acids is 1. The smallest absolute Gasteiger partial charge is 0.244 e. The third-order valence-electron chi connectivity index (χ3n) is 6.03. The Bertz CT molecular complexity index is 1220. The molecule has 1 aromatic heterocycles. The highest BCUT2D eigenvalue weighted by atomic mass is 32.2. The lowest BCUT2D eigenvalue weighted by Crippen LogP contribution is -2.41. The van der Waals surface area contributed by atoms with Gasteiger partial charge in [-0.15, -0.1) is 0 Å². The standard InChI is InChI=1S/C21H26N4O6S2/c26-20-6-5-17(32(28,29)24-10-1-2-11-24)14-19(20)23-21(27)16-7-12-25(13-8-16)33(30,31)18-4-3-9-22-15-18/h3-6,9,14-16,26H,1-2,7-8,10-13H2,(H,23,27). The van der Waals surface area contributed by atoms with E-state index in [-0.39, 0.29) is 40.2 Å². The predicted octanol–water partition coefficient (Wildman–Crippen LogP) is 1.61. The van der Waals surface area contributed by atoms with E-state index >= 15 is 0 Å². The highest BCUT2D eigenvalue weighted by Crippen LogP contribution is 2.31. The van der Waals surface area contributed by atoms with E-state index < -0.39 is 26.0 Å².